The first kappa shape index (κ1) is 18.0. The number of anilines is 1. The van der Waals surface area contributed by atoms with Crippen LogP contribution < -0.4 is 10.1 Å². The third-order valence-electron chi connectivity index (χ3n) is 4.55. The van der Waals surface area contributed by atoms with E-state index in [1.807, 2.05) is 23.1 Å². The van der Waals surface area contributed by atoms with Crippen LogP contribution in [0.4, 0.5) is 10.5 Å². The fourth-order valence-electron chi connectivity index (χ4n) is 3.22. The molecule has 0 bridgehead atoms. The minimum Gasteiger partial charge on any atom is -0.490 e. The second kappa shape index (κ2) is 8.51. The van der Waals surface area contributed by atoms with E-state index in [9.17, 15) is 9.59 Å². The molecule has 3 rings (SSSR count). The number of hydrogen-bond acceptors (Lipinski definition) is 4. The Labute approximate surface area is 153 Å². The Bertz CT molecular complexity index is 737. The summed E-state index contributed by atoms with van der Waals surface area (Å²) in [5.41, 5.74) is 1.90. The lowest BCUT2D eigenvalue weighted by Crippen LogP contribution is -2.43. The Kier molecular flexibility index (Phi) is 5.88. The van der Waals surface area contributed by atoms with Crippen molar-refractivity contribution in [3.63, 3.8) is 0 Å². The quantitative estimate of drug-likeness (QED) is 0.808. The molecule has 0 radical (unpaired) electrons. The first-order chi connectivity index (χ1) is 12.7. The van der Waals surface area contributed by atoms with Crippen molar-refractivity contribution < 1.29 is 14.3 Å². The molecule has 1 fully saturated rings. The van der Waals surface area contributed by atoms with Gasteiger partial charge >= 0.3 is 6.03 Å². The third kappa shape index (κ3) is 4.22. The fraction of sp³-hybridized carbons (Fsp3) is 0.421. The van der Waals surface area contributed by atoms with E-state index in [0.717, 1.165) is 42.7 Å². The van der Waals surface area contributed by atoms with Gasteiger partial charge in [-0.05, 0) is 30.2 Å². The van der Waals surface area contributed by atoms with Crippen LogP contribution in [-0.2, 0) is 11.2 Å². The monoisotopic (exact) mass is 356 g/mol. The Balaban J connectivity index is 1.58. The van der Waals surface area contributed by atoms with Crippen LogP contribution in [0.5, 0.6) is 5.75 Å². The number of imidazole rings is 1. The van der Waals surface area contributed by atoms with E-state index < -0.39 is 0 Å². The van der Waals surface area contributed by atoms with Crippen LogP contribution in [0.2, 0.25) is 0 Å². The summed E-state index contributed by atoms with van der Waals surface area (Å²) >= 11 is 0. The molecule has 2 amide bonds. The van der Waals surface area contributed by atoms with Gasteiger partial charge in [0.05, 0.1) is 0 Å². The molecule has 7 heteroatoms. The van der Waals surface area contributed by atoms with Gasteiger partial charge < -0.3 is 15.0 Å². The van der Waals surface area contributed by atoms with Crippen molar-refractivity contribution in [1.82, 2.24) is 14.5 Å². The molecule has 1 aliphatic rings. The van der Waals surface area contributed by atoms with E-state index in [1.165, 1.54) is 10.9 Å². The number of carbonyl (C=O) groups is 2. The molecule has 26 heavy (non-hydrogen) atoms. The lowest BCUT2D eigenvalue weighted by molar-refractivity contribution is -0.105. The summed E-state index contributed by atoms with van der Waals surface area (Å²) in [7, 11) is 0. The third-order valence-corrected chi connectivity index (χ3v) is 4.55. The number of benzene rings is 1. The van der Waals surface area contributed by atoms with Gasteiger partial charge in [-0.2, -0.15) is 0 Å². The van der Waals surface area contributed by atoms with Gasteiger partial charge in [-0.25, -0.2) is 9.78 Å². The molecule has 138 valence electrons. The molecule has 7 nitrogen and oxygen atoms in total. The van der Waals surface area contributed by atoms with Gasteiger partial charge in [0.15, 0.2) is 0 Å². The van der Waals surface area contributed by atoms with E-state index in [2.05, 4.69) is 17.2 Å². The summed E-state index contributed by atoms with van der Waals surface area (Å²) in [4.78, 5) is 28.8. The van der Waals surface area contributed by atoms with Crippen molar-refractivity contribution in [3.05, 3.63) is 42.5 Å². The van der Waals surface area contributed by atoms with Gasteiger partial charge in [0, 0.05) is 44.0 Å². The van der Waals surface area contributed by atoms with Crippen molar-refractivity contribution in [2.75, 3.05) is 18.4 Å². The maximum Gasteiger partial charge on any atom is 0.329 e. The molecule has 0 spiro atoms. The summed E-state index contributed by atoms with van der Waals surface area (Å²) in [5, 5.41) is 2.74. The Morgan fingerprint density at radius 1 is 1.38 bits per heavy atom. The zero-order valence-electron chi connectivity index (χ0n) is 14.9. The lowest BCUT2D eigenvalue weighted by atomic mass is 10.1. The number of likely N-dealkylation sites (tertiary alicyclic amines) is 1. The second-order valence-corrected chi connectivity index (χ2v) is 6.39. The lowest BCUT2D eigenvalue weighted by Gasteiger charge is -2.32. The van der Waals surface area contributed by atoms with Crippen LogP contribution >= 0.6 is 0 Å². The van der Waals surface area contributed by atoms with E-state index in [4.69, 9.17) is 4.74 Å². The Morgan fingerprint density at radius 3 is 2.85 bits per heavy atom. The number of aromatic nitrogens is 2. The summed E-state index contributed by atoms with van der Waals surface area (Å²) in [6, 6.07) is 5.72. The van der Waals surface area contributed by atoms with E-state index in [-0.39, 0.29) is 12.1 Å². The first-order valence-electron chi connectivity index (χ1n) is 8.98. The zero-order chi connectivity index (χ0) is 18.4. The molecule has 1 N–H and O–H groups in total. The van der Waals surface area contributed by atoms with E-state index >= 15 is 0 Å². The van der Waals surface area contributed by atoms with Crippen LogP contribution in [0, 0.1) is 0 Å². The number of piperidine rings is 1. The fourth-order valence-corrected chi connectivity index (χ4v) is 3.22. The molecule has 1 saturated heterocycles. The van der Waals surface area contributed by atoms with Crippen LogP contribution in [-0.4, -0.2) is 46.1 Å². The van der Waals surface area contributed by atoms with Gasteiger partial charge in [-0.1, -0.05) is 13.3 Å². The molecule has 2 aromatic rings. The van der Waals surface area contributed by atoms with Crippen molar-refractivity contribution in [2.45, 2.75) is 38.7 Å². The largest absolute Gasteiger partial charge is 0.490 e. The van der Waals surface area contributed by atoms with E-state index in [0.29, 0.717) is 19.5 Å². The number of nitrogens with one attached hydrogen (secondary N) is 1. The molecule has 0 unspecified atom stereocenters. The summed E-state index contributed by atoms with van der Waals surface area (Å²) in [6.07, 6.45) is 9.02. The van der Waals surface area contributed by atoms with Crippen LogP contribution in [0.1, 0.15) is 31.7 Å². The van der Waals surface area contributed by atoms with Crippen molar-refractivity contribution in [2.24, 2.45) is 0 Å². The molecule has 1 aliphatic heterocycles. The molecule has 0 saturated carbocycles. The standard InChI is InChI=1S/C19H24N4O3/c1-2-3-15-12-17(4-5-18(15)21-14-24)26-16-6-9-22(10-7-16)19(25)23-11-8-20-13-23/h4-5,8,11-14,16H,2-3,6-7,9-10H2,1H3,(H,21,24). The van der Waals surface area contributed by atoms with Gasteiger partial charge in [-0.3, -0.25) is 9.36 Å². The van der Waals surface area contributed by atoms with Crippen molar-refractivity contribution in [1.29, 1.82) is 0 Å². The highest BCUT2D eigenvalue weighted by Crippen LogP contribution is 2.26. The van der Waals surface area contributed by atoms with Crippen LogP contribution in [0.25, 0.3) is 0 Å². The molecule has 0 atom stereocenters. The van der Waals surface area contributed by atoms with Crippen molar-refractivity contribution in [3.8, 4) is 5.75 Å². The van der Waals surface area contributed by atoms with Crippen molar-refractivity contribution >= 4 is 18.1 Å². The number of nitrogens with zero attached hydrogens (tertiary/aromatic N) is 3. The number of ether oxygens (including phenoxy) is 1. The molecular formula is C19H24N4O3. The molecule has 0 aliphatic carbocycles. The average Bonchev–Trinajstić information content (AvgIpc) is 3.19. The minimum atomic E-state index is -0.0459. The molecule has 1 aromatic heterocycles. The molecule has 1 aromatic carbocycles. The normalized spacial score (nSPS) is 14.9. The Hall–Kier alpha value is -2.83. The minimum absolute atomic E-state index is 0.0459. The maximum atomic E-state index is 12.3. The maximum absolute atomic E-state index is 12.3. The Morgan fingerprint density at radius 2 is 2.19 bits per heavy atom. The SMILES string of the molecule is CCCc1cc(OC2CCN(C(=O)n3ccnc3)CC2)ccc1NC=O. The number of hydrogen-bond donors (Lipinski definition) is 1. The van der Waals surface area contributed by atoms with Gasteiger partial charge in [-0.15, -0.1) is 0 Å². The predicted molar refractivity (Wildman–Crippen MR) is 98.4 cm³/mol. The first-order valence-corrected chi connectivity index (χ1v) is 8.98. The second-order valence-electron chi connectivity index (χ2n) is 6.39. The summed E-state index contributed by atoms with van der Waals surface area (Å²) in [5.74, 6) is 0.810. The van der Waals surface area contributed by atoms with Gasteiger partial charge in [0.25, 0.3) is 0 Å². The number of aryl methyl sites for hydroxylation is 1. The summed E-state index contributed by atoms with van der Waals surface area (Å²) < 4.78 is 7.62. The number of amides is 2. The molecule has 2 heterocycles. The highest BCUT2D eigenvalue weighted by atomic mass is 16.5. The predicted octanol–water partition coefficient (Wildman–Crippen LogP) is 2.92. The van der Waals surface area contributed by atoms with E-state index in [1.54, 1.807) is 12.4 Å². The van der Waals surface area contributed by atoms with Crippen LogP contribution in [0.3, 0.4) is 0 Å². The van der Waals surface area contributed by atoms with Crippen LogP contribution in [0.15, 0.2) is 36.9 Å². The number of rotatable bonds is 6. The van der Waals surface area contributed by atoms with Gasteiger partial charge in [0.2, 0.25) is 6.41 Å². The molecular weight excluding hydrogens is 332 g/mol. The summed E-state index contributed by atoms with van der Waals surface area (Å²) in [6.45, 7) is 3.42. The highest BCUT2D eigenvalue weighted by molar-refractivity contribution is 5.76. The average molecular weight is 356 g/mol. The zero-order valence-corrected chi connectivity index (χ0v) is 14.9. The highest BCUT2D eigenvalue weighted by Gasteiger charge is 2.24. The smallest absolute Gasteiger partial charge is 0.329 e. The van der Waals surface area contributed by atoms with Gasteiger partial charge in [0.1, 0.15) is 18.2 Å². The number of carbonyl (C=O) groups excluding carboxylic acids is 2. The topological polar surface area (TPSA) is 76.5 Å².